The number of thiophene rings is 1. The van der Waals surface area contributed by atoms with Gasteiger partial charge in [-0.3, -0.25) is 9.59 Å². The van der Waals surface area contributed by atoms with E-state index in [1.54, 1.807) is 18.4 Å². The number of H-pyrrole nitrogens is 1. The molecule has 0 bridgehead atoms. The number of aromatic amines is 1. The Bertz CT molecular complexity index is 893. The van der Waals surface area contributed by atoms with Gasteiger partial charge in [0.1, 0.15) is 16.4 Å². The molecule has 0 radical (unpaired) electrons. The van der Waals surface area contributed by atoms with Gasteiger partial charge < -0.3 is 14.7 Å². The van der Waals surface area contributed by atoms with Crippen molar-refractivity contribution in [1.29, 1.82) is 0 Å². The molecule has 120 valence electrons. The quantitative estimate of drug-likeness (QED) is 0.751. The smallest absolute Gasteiger partial charge is 0.259 e. The number of carbonyl (C=O) groups excluding carboxylic acids is 1. The lowest BCUT2D eigenvalue weighted by Crippen LogP contribution is -2.26. The molecule has 3 aromatic rings. The molecule has 1 amide bonds. The second kappa shape index (κ2) is 6.37. The first-order chi connectivity index (χ1) is 11.1. The molecule has 7 heteroatoms. The number of furan rings is 1. The average Bonchev–Trinajstić information content (AvgIpc) is 3.12. The largest absolute Gasteiger partial charge is 0.467 e. The van der Waals surface area contributed by atoms with Gasteiger partial charge in [-0.2, -0.15) is 0 Å². The van der Waals surface area contributed by atoms with Crippen LogP contribution in [0, 0.1) is 6.92 Å². The molecule has 3 aromatic heterocycles. The standard InChI is InChI=1S/C16H17N3O3S/c1-3-11-9(2)23-16-14(11)15(21)18-12(19-16)7-13(20)17-8-10-5-4-6-22-10/h4-6H,3,7-8H2,1-2H3,(H,17,20)(H,18,19,21). The Kier molecular flexibility index (Phi) is 4.29. The van der Waals surface area contributed by atoms with Crippen LogP contribution in [0.25, 0.3) is 10.2 Å². The zero-order chi connectivity index (χ0) is 16.4. The van der Waals surface area contributed by atoms with Crippen molar-refractivity contribution in [2.24, 2.45) is 0 Å². The summed E-state index contributed by atoms with van der Waals surface area (Å²) in [6.45, 7) is 4.32. The predicted molar refractivity (Wildman–Crippen MR) is 88.6 cm³/mol. The summed E-state index contributed by atoms with van der Waals surface area (Å²) < 4.78 is 5.15. The number of nitrogens with one attached hydrogen (secondary N) is 2. The van der Waals surface area contributed by atoms with Gasteiger partial charge in [0.05, 0.1) is 24.6 Å². The number of aromatic nitrogens is 2. The zero-order valence-corrected chi connectivity index (χ0v) is 13.8. The number of hydrogen-bond donors (Lipinski definition) is 2. The van der Waals surface area contributed by atoms with Gasteiger partial charge in [0.2, 0.25) is 5.91 Å². The van der Waals surface area contributed by atoms with Crippen LogP contribution in [-0.2, 0) is 24.2 Å². The van der Waals surface area contributed by atoms with Crippen LogP contribution in [0.5, 0.6) is 0 Å². The van der Waals surface area contributed by atoms with Crippen molar-refractivity contribution >= 4 is 27.5 Å². The summed E-state index contributed by atoms with van der Waals surface area (Å²) in [6.07, 6.45) is 2.38. The summed E-state index contributed by atoms with van der Waals surface area (Å²) in [7, 11) is 0. The van der Waals surface area contributed by atoms with E-state index in [2.05, 4.69) is 15.3 Å². The number of aryl methyl sites for hydroxylation is 2. The van der Waals surface area contributed by atoms with E-state index in [9.17, 15) is 9.59 Å². The van der Waals surface area contributed by atoms with Crippen LogP contribution < -0.4 is 10.9 Å². The molecular weight excluding hydrogens is 314 g/mol. The van der Waals surface area contributed by atoms with Gasteiger partial charge in [-0.1, -0.05) is 6.92 Å². The van der Waals surface area contributed by atoms with Gasteiger partial charge in [0.15, 0.2) is 0 Å². The molecule has 0 aromatic carbocycles. The highest BCUT2D eigenvalue weighted by Gasteiger charge is 2.15. The molecule has 3 rings (SSSR count). The Morgan fingerprint density at radius 1 is 1.48 bits per heavy atom. The minimum absolute atomic E-state index is 0.0320. The summed E-state index contributed by atoms with van der Waals surface area (Å²) in [5, 5.41) is 3.39. The molecule has 6 nitrogen and oxygen atoms in total. The molecule has 0 aliphatic rings. The molecule has 0 aliphatic heterocycles. The zero-order valence-electron chi connectivity index (χ0n) is 12.9. The van der Waals surface area contributed by atoms with Gasteiger partial charge in [-0.25, -0.2) is 4.98 Å². The van der Waals surface area contributed by atoms with Crippen molar-refractivity contribution in [2.45, 2.75) is 33.2 Å². The van der Waals surface area contributed by atoms with E-state index in [4.69, 9.17) is 4.42 Å². The number of fused-ring (bicyclic) bond motifs is 1. The first kappa shape index (κ1) is 15.5. The minimum Gasteiger partial charge on any atom is -0.467 e. The van der Waals surface area contributed by atoms with Gasteiger partial charge in [0, 0.05) is 4.88 Å². The predicted octanol–water partition coefficient (Wildman–Crippen LogP) is 2.31. The Labute approximate surface area is 136 Å². The van der Waals surface area contributed by atoms with E-state index in [0.717, 1.165) is 16.9 Å². The van der Waals surface area contributed by atoms with Gasteiger partial charge in [-0.05, 0) is 31.0 Å². The monoisotopic (exact) mass is 331 g/mol. The van der Waals surface area contributed by atoms with E-state index in [1.807, 2.05) is 13.8 Å². The summed E-state index contributed by atoms with van der Waals surface area (Å²) in [5.41, 5.74) is 0.859. The van der Waals surface area contributed by atoms with Crippen molar-refractivity contribution < 1.29 is 9.21 Å². The molecule has 0 atom stereocenters. The van der Waals surface area contributed by atoms with E-state index in [1.165, 1.54) is 11.3 Å². The highest BCUT2D eigenvalue weighted by Crippen LogP contribution is 2.27. The lowest BCUT2D eigenvalue weighted by molar-refractivity contribution is -0.120. The maximum absolute atomic E-state index is 12.3. The number of carbonyl (C=O) groups is 1. The molecule has 0 fully saturated rings. The van der Waals surface area contributed by atoms with Gasteiger partial charge in [-0.15, -0.1) is 11.3 Å². The fourth-order valence-electron chi connectivity index (χ4n) is 2.54. The maximum Gasteiger partial charge on any atom is 0.259 e. The molecule has 0 saturated heterocycles. The van der Waals surface area contributed by atoms with Crippen LogP contribution >= 0.6 is 11.3 Å². The Morgan fingerprint density at radius 3 is 3.00 bits per heavy atom. The van der Waals surface area contributed by atoms with Crippen LogP contribution in [0.15, 0.2) is 27.6 Å². The molecule has 3 heterocycles. The van der Waals surface area contributed by atoms with Gasteiger partial charge >= 0.3 is 0 Å². The third kappa shape index (κ3) is 3.19. The third-order valence-corrected chi connectivity index (χ3v) is 4.67. The van der Waals surface area contributed by atoms with Crippen LogP contribution in [-0.4, -0.2) is 15.9 Å². The third-order valence-electron chi connectivity index (χ3n) is 3.63. The Hall–Kier alpha value is -2.41. The summed E-state index contributed by atoms with van der Waals surface area (Å²) in [6, 6.07) is 3.55. The van der Waals surface area contributed by atoms with Crippen molar-refractivity contribution in [3.05, 3.63) is 50.8 Å². The van der Waals surface area contributed by atoms with E-state index < -0.39 is 0 Å². The topological polar surface area (TPSA) is 88.0 Å². The van der Waals surface area contributed by atoms with Crippen LogP contribution in [0.1, 0.15) is 28.9 Å². The molecular formula is C16H17N3O3S. The van der Waals surface area contributed by atoms with Crippen molar-refractivity contribution in [1.82, 2.24) is 15.3 Å². The highest BCUT2D eigenvalue weighted by atomic mass is 32.1. The summed E-state index contributed by atoms with van der Waals surface area (Å²) >= 11 is 1.49. The maximum atomic E-state index is 12.3. The number of nitrogens with zero attached hydrogens (tertiary/aromatic N) is 1. The molecule has 0 saturated carbocycles. The summed E-state index contributed by atoms with van der Waals surface area (Å²) in [4.78, 5) is 33.2. The summed E-state index contributed by atoms with van der Waals surface area (Å²) in [5.74, 6) is 0.841. The van der Waals surface area contributed by atoms with Crippen molar-refractivity contribution in [3.63, 3.8) is 0 Å². The highest BCUT2D eigenvalue weighted by molar-refractivity contribution is 7.18. The number of rotatable bonds is 5. The lowest BCUT2D eigenvalue weighted by atomic mass is 10.1. The fourth-order valence-corrected chi connectivity index (χ4v) is 3.68. The van der Waals surface area contributed by atoms with Gasteiger partial charge in [0.25, 0.3) is 5.56 Å². The van der Waals surface area contributed by atoms with E-state index in [-0.39, 0.29) is 17.9 Å². The molecule has 23 heavy (non-hydrogen) atoms. The molecule has 0 spiro atoms. The minimum atomic E-state index is -0.215. The Morgan fingerprint density at radius 2 is 2.30 bits per heavy atom. The number of hydrogen-bond acceptors (Lipinski definition) is 5. The SMILES string of the molecule is CCc1c(C)sc2nc(CC(=O)NCc3ccco3)[nH]c(=O)c12. The second-order valence-corrected chi connectivity index (χ2v) is 6.42. The average molecular weight is 331 g/mol. The fraction of sp³-hybridized carbons (Fsp3) is 0.312. The Balaban J connectivity index is 1.78. The van der Waals surface area contributed by atoms with Crippen LogP contribution in [0.4, 0.5) is 0 Å². The first-order valence-electron chi connectivity index (χ1n) is 7.38. The van der Waals surface area contributed by atoms with Crippen LogP contribution in [0.2, 0.25) is 0 Å². The van der Waals surface area contributed by atoms with Crippen LogP contribution in [0.3, 0.4) is 0 Å². The molecule has 2 N–H and O–H groups in total. The number of amides is 1. The van der Waals surface area contributed by atoms with Crippen molar-refractivity contribution in [3.8, 4) is 0 Å². The van der Waals surface area contributed by atoms with E-state index in [0.29, 0.717) is 28.3 Å². The first-order valence-corrected chi connectivity index (χ1v) is 8.20. The second-order valence-electron chi connectivity index (χ2n) is 5.22. The molecule has 0 unspecified atom stereocenters. The normalized spacial score (nSPS) is 11.0. The van der Waals surface area contributed by atoms with E-state index >= 15 is 0 Å². The van der Waals surface area contributed by atoms with Crippen molar-refractivity contribution in [2.75, 3.05) is 0 Å². The lowest BCUT2D eigenvalue weighted by Gasteiger charge is -2.03. The molecule has 0 aliphatic carbocycles.